The number of benzene rings is 2. The summed E-state index contributed by atoms with van der Waals surface area (Å²) >= 11 is 1.34. The molecule has 3 rings (SSSR count). The molecule has 0 saturated heterocycles. The summed E-state index contributed by atoms with van der Waals surface area (Å²) in [6.45, 7) is 1.70. The first kappa shape index (κ1) is 19.7. The summed E-state index contributed by atoms with van der Waals surface area (Å²) < 4.78 is 23.0. The minimum Gasteiger partial charge on any atom is -0.322 e. The highest BCUT2D eigenvalue weighted by Gasteiger charge is 2.15. The van der Waals surface area contributed by atoms with Crippen molar-refractivity contribution in [3.63, 3.8) is 0 Å². The van der Waals surface area contributed by atoms with Crippen LogP contribution in [0.4, 0.5) is 11.4 Å². The molecule has 3 aromatic rings. The van der Waals surface area contributed by atoms with Crippen molar-refractivity contribution in [1.29, 1.82) is 0 Å². The van der Waals surface area contributed by atoms with Crippen molar-refractivity contribution in [3.8, 4) is 0 Å². The van der Waals surface area contributed by atoms with Crippen LogP contribution < -0.4 is 15.8 Å². The third-order valence-corrected chi connectivity index (χ3v) is 5.71. The summed E-state index contributed by atoms with van der Waals surface area (Å²) in [6, 6.07) is 14.3. The lowest BCUT2D eigenvalue weighted by molar-refractivity contribution is 0.101. The van der Waals surface area contributed by atoms with Crippen molar-refractivity contribution in [1.82, 2.24) is 0 Å². The van der Waals surface area contributed by atoms with Crippen molar-refractivity contribution in [2.45, 2.75) is 11.8 Å². The van der Waals surface area contributed by atoms with Gasteiger partial charge in [-0.1, -0.05) is 12.1 Å². The highest BCUT2D eigenvalue weighted by molar-refractivity contribution is 7.89. The number of nitrogens with two attached hydrogens (primary N) is 1. The molecule has 0 unspecified atom stereocenters. The number of aryl methyl sites for hydroxylation is 1. The molecule has 9 heteroatoms. The third-order valence-electron chi connectivity index (χ3n) is 3.93. The second-order valence-corrected chi connectivity index (χ2v) is 8.49. The molecule has 0 fully saturated rings. The van der Waals surface area contributed by atoms with Gasteiger partial charge in [-0.3, -0.25) is 9.59 Å². The van der Waals surface area contributed by atoms with Crippen LogP contribution in [0.1, 0.15) is 25.6 Å². The van der Waals surface area contributed by atoms with Crippen LogP contribution in [0.2, 0.25) is 0 Å². The van der Waals surface area contributed by atoms with Gasteiger partial charge in [0.05, 0.1) is 9.77 Å². The number of hydrogen-bond acceptors (Lipinski definition) is 5. The van der Waals surface area contributed by atoms with Crippen LogP contribution in [0.25, 0.3) is 0 Å². The Labute approximate surface area is 166 Å². The molecule has 2 amide bonds. The number of anilines is 2. The van der Waals surface area contributed by atoms with E-state index in [1.807, 2.05) is 5.38 Å². The quantitative estimate of drug-likeness (QED) is 0.593. The standard InChI is InChI=1S/C19H17N3O4S2/c1-12-4-9-15(28(20,25)26)11-16(12)18(23)21-13-5-7-14(8-6-13)22-19(24)17-3-2-10-27-17/h2-11H,1H3,(H,21,23)(H,22,24)(H2,20,25,26). The second kappa shape index (κ2) is 7.93. The molecule has 0 saturated carbocycles. The topological polar surface area (TPSA) is 118 Å². The van der Waals surface area contributed by atoms with E-state index in [2.05, 4.69) is 10.6 Å². The zero-order valence-corrected chi connectivity index (χ0v) is 16.4. The number of nitrogens with one attached hydrogen (secondary N) is 2. The Morgan fingerprint density at radius 2 is 1.54 bits per heavy atom. The van der Waals surface area contributed by atoms with Gasteiger partial charge >= 0.3 is 0 Å². The molecule has 0 aliphatic heterocycles. The Balaban J connectivity index is 1.72. The van der Waals surface area contributed by atoms with Gasteiger partial charge in [-0.25, -0.2) is 13.6 Å². The molecule has 7 nitrogen and oxygen atoms in total. The Kier molecular flexibility index (Phi) is 5.59. The van der Waals surface area contributed by atoms with Crippen molar-refractivity contribution in [3.05, 3.63) is 76.0 Å². The van der Waals surface area contributed by atoms with E-state index < -0.39 is 15.9 Å². The number of thiophene rings is 1. The number of sulfonamides is 1. The average Bonchev–Trinajstić information content (AvgIpc) is 3.17. The molecule has 0 aliphatic carbocycles. The summed E-state index contributed by atoms with van der Waals surface area (Å²) in [5, 5.41) is 12.4. The van der Waals surface area contributed by atoms with Crippen molar-refractivity contribution in [2.24, 2.45) is 5.14 Å². The Bertz CT molecular complexity index is 1120. The van der Waals surface area contributed by atoms with E-state index in [1.54, 1.807) is 43.3 Å². The fourth-order valence-electron chi connectivity index (χ4n) is 2.46. The van der Waals surface area contributed by atoms with Crippen LogP contribution in [0, 0.1) is 6.92 Å². The molecule has 144 valence electrons. The maximum Gasteiger partial charge on any atom is 0.265 e. The largest absolute Gasteiger partial charge is 0.322 e. The Morgan fingerprint density at radius 3 is 2.07 bits per heavy atom. The minimum atomic E-state index is -3.90. The van der Waals surface area contributed by atoms with Crippen LogP contribution in [0.3, 0.4) is 0 Å². The number of carbonyl (C=O) groups is 2. The maximum absolute atomic E-state index is 12.5. The molecule has 0 aliphatic rings. The molecule has 1 heterocycles. The summed E-state index contributed by atoms with van der Waals surface area (Å²) in [6.07, 6.45) is 0. The van der Waals surface area contributed by atoms with Crippen molar-refractivity contribution < 1.29 is 18.0 Å². The lowest BCUT2D eigenvalue weighted by Crippen LogP contribution is -2.17. The smallest absolute Gasteiger partial charge is 0.265 e. The predicted octanol–water partition coefficient (Wildman–Crippen LogP) is 3.21. The highest BCUT2D eigenvalue weighted by atomic mass is 32.2. The molecule has 4 N–H and O–H groups in total. The Morgan fingerprint density at radius 1 is 0.929 bits per heavy atom. The number of amides is 2. The molecule has 1 aromatic heterocycles. The van der Waals surface area contributed by atoms with Crippen molar-refractivity contribution in [2.75, 3.05) is 10.6 Å². The first-order valence-corrected chi connectivity index (χ1v) is 10.6. The predicted molar refractivity (Wildman–Crippen MR) is 109 cm³/mol. The lowest BCUT2D eigenvalue weighted by atomic mass is 10.1. The Hall–Kier alpha value is -3.01. The van der Waals surface area contributed by atoms with Crippen LogP contribution in [-0.4, -0.2) is 20.2 Å². The molecule has 0 radical (unpaired) electrons. The summed E-state index contributed by atoms with van der Waals surface area (Å²) in [5.41, 5.74) is 1.91. The van der Waals surface area contributed by atoms with Gasteiger partial charge in [-0.15, -0.1) is 11.3 Å². The summed E-state index contributed by atoms with van der Waals surface area (Å²) in [5.74, 6) is -0.666. The van der Waals surface area contributed by atoms with E-state index in [0.717, 1.165) is 0 Å². The van der Waals surface area contributed by atoms with E-state index in [-0.39, 0.29) is 16.4 Å². The maximum atomic E-state index is 12.5. The number of primary sulfonamides is 1. The SMILES string of the molecule is Cc1ccc(S(N)(=O)=O)cc1C(=O)Nc1ccc(NC(=O)c2cccs2)cc1. The van der Waals surface area contributed by atoms with Crippen LogP contribution in [-0.2, 0) is 10.0 Å². The first-order chi connectivity index (χ1) is 13.2. The van der Waals surface area contributed by atoms with Gasteiger partial charge in [0, 0.05) is 16.9 Å². The third kappa shape index (κ3) is 4.63. The van der Waals surface area contributed by atoms with E-state index in [4.69, 9.17) is 5.14 Å². The van der Waals surface area contributed by atoms with Gasteiger partial charge in [0.15, 0.2) is 0 Å². The van der Waals surface area contributed by atoms with Crippen molar-refractivity contribution >= 4 is 44.5 Å². The number of rotatable bonds is 5. The zero-order chi connectivity index (χ0) is 20.3. The molecule has 28 heavy (non-hydrogen) atoms. The summed E-state index contributed by atoms with van der Waals surface area (Å²) in [4.78, 5) is 25.0. The fourth-order valence-corrected chi connectivity index (χ4v) is 3.62. The molecule has 2 aromatic carbocycles. The average molecular weight is 415 g/mol. The molecule has 0 spiro atoms. The lowest BCUT2D eigenvalue weighted by Gasteiger charge is -2.10. The van der Waals surface area contributed by atoms with Crippen LogP contribution in [0.5, 0.6) is 0 Å². The van der Waals surface area contributed by atoms with E-state index in [9.17, 15) is 18.0 Å². The molecule has 0 atom stereocenters. The minimum absolute atomic E-state index is 0.130. The molecule has 0 bridgehead atoms. The fraction of sp³-hybridized carbons (Fsp3) is 0.0526. The van der Waals surface area contributed by atoms with Crippen LogP contribution >= 0.6 is 11.3 Å². The number of hydrogen-bond donors (Lipinski definition) is 3. The van der Waals surface area contributed by atoms with Gasteiger partial charge in [0.1, 0.15) is 0 Å². The van der Waals surface area contributed by atoms with Gasteiger partial charge in [-0.05, 0) is 60.3 Å². The van der Waals surface area contributed by atoms with Gasteiger partial charge < -0.3 is 10.6 Å². The zero-order valence-electron chi connectivity index (χ0n) is 14.8. The van der Waals surface area contributed by atoms with Gasteiger partial charge in [0.25, 0.3) is 11.8 Å². The second-order valence-electron chi connectivity index (χ2n) is 5.98. The van der Waals surface area contributed by atoms with E-state index >= 15 is 0 Å². The number of carbonyl (C=O) groups excluding carboxylic acids is 2. The monoisotopic (exact) mass is 415 g/mol. The highest BCUT2D eigenvalue weighted by Crippen LogP contribution is 2.19. The molecular weight excluding hydrogens is 398 g/mol. The summed E-state index contributed by atoms with van der Waals surface area (Å²) in [7, 11) is -3.90. The van der Waals surface area contributed by atoms with Gasteiger partial charge in [-0.2, -0.15) is 0 Å². The van der Waals surface area contributed by atoms with E-state index in [0.29, 0.717) is 21.8 Å². The van der Waals surface area contributed by atoms with Crippen LogP contribution in [0.15, 0.2) is 64.9 Å². The molecular formula is C19H17N3O4S2. The first-order valence-electron chi connectivity index (χ1n) is 8.14. The van der Waals surface area contributed by atoms with E-state index in [1.165, 1.54) is 29.5 Å². The normalized spacial score (nSPS) is 11.1. The van der Waals surface area contributed by atoms with Gasteiger partial charge in [0.2, 0.25) is 10.0 Å².